The highest BCUT2D eigenvalue weighted by atomic mass is 79.9. The molecule has 4 rings (SSSR count). The lowest BCUT2D eigenvalue weighted by Crippen LogP contribution is -2.42. The van der Waals surface area contributed by atoms with E-state index in [0.29, 0.717) is 21.3 Å². The number of para-hydroxylation sites is 2. The molecule has 4 aromatic rings. The molecule has 0 aliphatic rings. The first-order chi connectivity index (χ1) is 13.1. The molecule has 0 radical (unpaired) electrons. The molecule has 27 heavy (non-hydrogen) atoms. The van der Waals surface area contributed by atoms with Crippen molar-refractivity contribution in [3.05, 3.63) is 104 Å². The maximum absolute atomic E-state index is 13.1. The van der Waals surface area contributed by atoms with Crippen molar-refractivity contribution in [3.63, 3.8) is 0 Å². The van der Waals surface area contributed by atoms with Gasteiger partial charge in [0.25, 0.3) is 5.69 Å². The van der Waals surface area contributed by atoms with Gasteiger partial charge in [0.1, 0.15) is 6.61 Å². The predicted molar refractivity (Wildman–Crippen MR) is 107 cm³/mol. The fourth-order valence-corrected chi connectivity index (χ4v) is 3.17. The van der Waals surface area contributed by atoms with Gasteiger partial charge in [-0.1, -0.05) is 58.4 Å². The normalized spacial score (nSPS) is 10.9. The molecule has 3 aromatic carbocycles. The van der Waals surface area contributed by atoms with Gasteiger partial charge in [0.15, 0.2) is 5.52 Å². The Bertz CT molecular complexity index is 1160. The summed E-state index contributed by atoms with van der Waals surface area (Å²) in [4.78, 5) is 18.9. The lowest BCUT2D eigenvalue weighted by atomic mass is 10.1. The Kier molecular flexibility index (Phi) is 4.64. The quantitative estimate of drug-likeness (QED) is 0.372. The highest BCUT2D eigenvalue weighted by molar-refractivity contribution is 9.10. The van der Waals surface area contributed by atoms with Crippen LogP contribution in [0.3, 0.4) is 0 Å². The van der Waals surface area contributed by atoms with Crippen molar-refractivity contribution in [2.75, 3.05) is 0 Å². The van der Waals surface area contributed by atoms with Crippen molar-refractivity contribution < 1.29 is 9.57 Å². The molecule has 1 heterocycles. The van der Waals surface area contributed by atoms with Gasteiger partial charge in [0, 0.05) is 10.5 Å². The lowest BCUT2D eigenvalue weighted by Gasteiger charge is -2.14. The van der Waals surface area contributed by atoms with Crippen LogP contribution >= 0.6 is 15.9 Å². The molecule has 0 saturated carbocycles. The number of hydrogen-bond donors (Lipinski definition) is 0. The first-order valence-corrected chi connectivity index (χ1v) is 9.15. The number of halogens is 1. The molecular weight excluding hydrogens is 408 g/mol. The highest BCUT2D eigenvalue weighted by Crippen LogP contribution is 2.18. The van der Waals surface area contributed by atoms with E-state index in [-0.39, 0.29) is 12.3 Å². The Morgan fingerprint density at radius 1 is 0.926 bits per heavy atom. The SMILES string of the molecule is O=c1c(-c2ccc(Br)cc2)[n+]([O-])c2ccccc2n1OCc1ccccc1. The average Bonchev–Trinajstić information content (AvgIpc) is 2.70. The van der Waals surface area contributed by atoms with E-state index in [2.05, 4.69) is 15.9 Å². The summed E-state index contributed by atoms with van der Waals surface area (Å²) in [5.74, 6) is 0. The van der Waals surface area contributed by atoms with Crippen LogP contribution in [0.15, 0.2) is 88.1 Å². The third-order valence-electron chi connectivity index (χ3n) is 4.23. The third kappa shape index (κ3) is 3.31. The van der Waals surface area contributed by atoms with Crippen LogP contribution in [-0.2, 0) is 6.61 Å². The van der Waals surface area contributed by atoms with Crippen LogP contribution in [0, 0.1) is 5.21 Å². The fourth-order valence-electron chi connectivity index (χ4n) is 2.91. The first-order valence-electron chi connectivity index (χ1n) is 8.35. The van der Waals surface area contributed by atoms with Crippen LogP contribution in [0.2, 0.25) is 0 Å². The van der Waals surface area contributed by atoms with Gasteiger partial charge in [-0.15, -0.1) is 4.73 Å². The molecule has 6 heteroatoms. The van der Waals surface area contributed by atoms with E-state index in [9.17, 15) is 10.0 Å². The number of benzene rings is 3. The van der Waals surface area contributed by atoms with Crippen LogP contribution < -0.4 is 15.1 Å². The molecule has 0 aliphatic carbocycles. The second-order valence-electron chi connectivity index (χ2n) is 6.00. The Morgan fingerprint density at radius 3 is 2.33 bits per heavy atom. The number of aromatic nitrogens is 2. The van der Waals surface area contributed by atoms with Gasteiger partial charge in [-0.25, -0.2) is 0 Å². The molecule has 0 aliphatic heterocycles. The number of rotatable bonds is 4. The van der Waals surface area contributed by atoms with E-state index in [0.717, 1.165) is 10.0 Å². The maximum Gasteiger partial charge on any atom is 0.357 e. The molecule has 1 aromatic heterocycles. The van der Waals surface area contributed by atoms with E-state index >= 15 is 0 Å². The Hall–Kier alpha value is -3.12. The molecular formula is C21H15BrN2O3. The zero-order valence-corrected chi connectivity index (χ0v) is 15.8. The van der Waals surface area contributed by atoms with Crippen molar-refractivity contribution in [3.8, 4) is 11.3 Å². The molecule has 0 spiro atoms. The van der Waals surface area contributed by atoms with Gasteiger partial charge >= 0.3 is 5.56 Å². The molecule has 0 N–H and O–H groups in total. The predicted octanol–water partition coefficient (Wildman–Crippen LogP) is 3.69. The minimum Gasteiger partial charge on any atom is -0.618 e. The molecule has 0 amide bonds. The minimum absolute atomic E-state index is 0.0225. The summed E-state index contributed by atoms with van der Waals surface area (Å²) in [7, 11) is 0. The number of hydrogen-bond acceptors (Lipinski definition) is 3. The smallest absolute Gasteiger partial charge is 0.357 e. The minimum atomic E-state index is -0.498. The topological polar surface area (TPSA) is 58.2 Å². The van der Waals surface area contributed by atoms with Gasteiger partial charge in [-0.05, 0) is 35.9 Å². The summed E-state index contributed by atoms with van der Waals surface area (Å²) in [6.07, 6.45) is 0. The monoisotopic (exact) mass is 422 g/mol. The number of nitrogens with zero attached hydrogens (tertiary/aromatic N) is 2. The average molecular weight is 423 g/mol. The summed E-state index contributed by atoms with van der Waals surface area (Å²) >= 11 is 3.37. The summed E-state index contributed by atoms with van der Waals surface area (Å²) in [5.41, 5.74) is 1.77. The van der Waals surface area contributed by atoms with Crippen LogP contribution in [0.25, 0.3) is 22.3 Å². The van der Waals surface area contributed by atoms with Crippen LogP contribution in [-0.4, -0.2) is 4.73 Å². The Labute approximate surface area is 163 Å². The molecule has 5 nitrogen and oxygen atoms in total. The summed E-state index contributed by atoms with van der Waals surface area (Å²) in [6.45, 7) is 0.216. The maximum atomic E-state index is 13.1. The van der Waals surface area contributed by atoms with E-state index in [4.69, 9.17) is 4.84 Å². The van der Waals surface area contributed by atoms with Crippen LogP contribution in [0.1, 0.15) is 5.56 Å². The standard InChI is InChI=1S/C21H15BrN2O3/c22-17-12-10-16(11-13-17)20-21(25)24(27-14-15-6-2-1-3-7-15)19-9-5-4-8-18(19)23(20)26/h1-13H,14H2. The highest BCUT2D eigenvalue weighted by Gasteiger charge is 2.23. The van der Waals surface area contributed by atoms with Crippen molar-refractivity contribution in [1.29, 1.82) is 0 Å². The summed E-state index contributed by atoms with van der Waals surface area (Å²) in [6, 6.07) is 23.5. The van der Waals surface area contributed by atoms with Crippen molar-refractivity contribution >= 4 is 27.0 Å². The second kappa shape index (κ2) is 7.25. The zero-order chi connectivity index (χ0) is 18.8. The van der Waals surface area contributed by atoms with E-state index in [1.54, 1.807) is 48.5 Å². The fraction of sp³-hybridized carbons (Fsp3) is 0.0476. The Balaban J connectivity index is 1.89. The molecule has 134 valence electrons. The lowest BCUT2D eigenvalue weighted by molar-refractivity contribution is -0.566. The molecule has 0 saturated heterocycles. The largest absolute Gasteiger partial charge is 0.618 e. The molecule has 0 unspecified atom stereocenters. The first kappa shape index (κ1) is 17.3. The zero-order valence-electron chi connectivity index (χ0n) is 14.2. The van der Waals surface area contributed by atoms with E-state index < -0.39 is 5.56 Å². The van der Waals surface area contributed by atoms with Crippen LogP contribution in [0.4, 0.5) is 0 Å². The summed E-state index contributed by atoms with van der Waals surface area (Å²) in [5, 5.41) is 12.9. The second-order valence-corrected chi connectivity index (χ2v) is 6.91. The van der Waals surface area contributed by atoms with Crippen LogP contribution in [0.5, 0.6) is 0 Å². The number of fused-ring (bicyclic) bond motifs is 1. The Morgan fingerprint density at radius 2 is 1.59 bits per heavy atom. The summed E-state index contributed by atoms with van der Waals surface area (Å²) < 4.78 is 2.74. The molecule has 0 fully saturated rings. The van der Waals surface area contributed by atoms with Crippen molar-refractivity contribution in [2.24, 2.45) is 0 Å². The van der Waals surface area contributed by atoms with Crippen molar-refractivity contribution in [2.45, 2.75) is 6.61 Å². The van der Waals surface area contributed by atoms with Gasteiger partial charge in [-0.2, -0.15) is 4.73 Å². The van der Waals surface area contributed by atoms with Gasteiger partial charge in [0.2, 0.25) is 5.52 Å². The van der Waals surface area contributed by atoms with Crippen molar-refractivity contribution in [1.82, 2.24) is 4.73 Å². The molecule has 0 bridgehead atoms. The van der Waals surface area contributed by atoms with Gasteiger partial charge in [0.05, 0.1) is 5.56 Å². The van der Waals surface area contributed by atoms with E-state index in [1.807, 2.05) is 30.3 Å². The third-order valence-corrected chi connectivity index (χ3v) is 4.76. The van der Waals surface area contributed by atoms with Gasteiger partial charge < -0.3 is 10.0 Å². The van der Waals surface area contributed by atoms with E-state index in [1.165, 1.54) is 4.73 Å². The van der Waals surface area contributed by atoms with Gasteiger partial charge in [-0.3, -0.25) is 4.79 Å². The molecule has 0 atom stereocenters.